The maximum Gasteiger partial charge on any atom is 0.287 e. The van der Waals surface area contributed by atoms with Gasteiger partial charge in [-0.15, -0.1) is 0 Å². The highest BCUT2D eigenvalue weighted by Gasteiger charge is 2.25. The highest BCUT2D eigenvalue weighted by atomic mass is 35.5. The summed E-state index contributed by atoms with van der Waals surface area (Å²) in [4.78, 5) is 41.0. The molecule has 1 aliphatic carbocycles. The van der Waals surface area contributed by atoms with Crippen LogP contribution in [0.2, 0.25) is 5.02 Å². The van der Waals surface area contributed by atoms with Crippen LogP contribution in [0.4, 0.5) is 0 Å². The van der Waals surface area contributed by atoms with E-state index >= 15 is 0 Å². The topological polar surface area (TPSA) is 88.8 Å². The Hall–Kier alpha value is -4.36. The summed E-state index contributed by atoms with van der Waals surface area (Å²) in [6.45, 7) is 3.88. The second-order valence-electron chi connectivity index (χ2n) is 12.5. The molecule has 2 fully saturated rings. The van der Waals surface area contributed by atoms with E-state index in [9.17, 15) is 14.4 Å². The zero-order valence-electron chi connectivity index (χ0n) is 26.8. The van der Waals surface area contributed by atoms with Crippen molar-refractivity contribution >= 4 is 34.4 Å². The Morgan fingerprint density at radius 1 is 1.02 bits per heavy atom. The van der Waals surface area contributed by atoms with Crippen LogP contribution in [0.1, 0.15) is 85.0 Å². The van der Waals surface area contributed by atoms with Crippen molar-refractivity contribution in [2.75, 3.05) is 13.2 Å². The van der Waals surface area contributed by atoms with Crippen LogP contribution in [0.15, 0.2) is 93.7 Å². The molecule has 6 rings (SSSR count). The van der Waals surface area contributed by atoms with Crippen LogP contribution in [0, 0.1) is 0 Å². The molecule has 1 atom stereocenters. The fourth-order valence-electron chi connectivity index (χ4n) is 6.83. The van der Waals surface area contributed by atoms with E-state index in [1.807, 2.05) is 36.1 Å². The van der Waals surface area contributed by atoms with Crippen molar-refractivity contribution in [3.05, 3.63) is 122 Å². The Morgan fingerprint density at radius 2 is 1.81 bits per heavy atom. The van der Waals surface area contributed by atoms with E-state index in [4.69, 9.17) is 20.8 Å². The Kier molecular flexibility index (Phi) is 10.4. The molecule has 0 bridgehead atoms. The minimum absolute atomic E-state index is 0.0290. The first kappa shape index (κ1) is 32.6. The summed E-state index contributed by atoms with van der Waals surface area (Å²) in [5.74, 6) is 0.784. The highest BCUT2D eigenvalue weighted by Crippen LogP contribution is 2.37. The summed E-state index contributed by atoms with van der Waals surface area (Å²) in [6, 6.07) is 22.2. The lowest BCUT2D eigenvalue weighted by molar-refractivity contribution is -0.133. The van der Waals surface area contributed by atoms with E-state index in [1.54, 1.807) is 18.2 Å². The lowest BCUT2D eigenvalue weighted by Gasteiger charge is -2.31. The molecule has 1 N–H and O–H groups in total. The van der Waals surface area contributed by atoms with Gasteiger partial charge in [-0.1, -0.05) is 59.6 Å². The molecule has 244 valence electrons. The number of rotatable bonds is 10. The Morgan fingerprint density at radius 3 is 2.57 bits per heavy atom. The quantitative estimate of drug-likeness (QED) is 0.176. The van der Waals surface area contributed by atoms with Gasteiger partial charge < -0.3 is 19.4 Å². The number of hydrogen-bond donors (Lipinski definition) is 1. The molecule has 0 spiro atoms. The normalized spacial score (nSPS) is 17.4. The molecule has 4 aromatic rings. The number of amides is 2. The number of piperidine rings is 1. The Balaban J connectivity index is 1.18. The Bertz CT molecular complexity index is 1820. The second-order valence-corrected chi connectivity index (χ2v) is 13.0. The summed E-state index contributed by atoms with van der Waals surface area (Å²) in [7, 11) is 0. The van der Waals surface area contributed by atoms with Gasteiger partial charge >= 0.3 is 0 Å². The predicted octanol–water partition coefficient (Wildman–Crippen LogP) is 7.98. The van der Waals surface area contributed by atoms with E-state index in [2.05, 4.69) is 35.7 Å². The molecule has 2 amide bonds. The zero-order valence-corrected chi connectivity index (χ0v) is 27.6. The van der Waals surface area contributed by atoms with Gasteiger partial charge in [0, 0.05) is 30.6 Å². The smallest absolute Gasteiger partial charge is 0.287 e. The van der Waals surface area contributed by atoms with Crippen LogP contribution < -0.4 is 15.5 Å². The number of carbonyl (C=O) groups is 2. The second kappa shape index (κ2) is 15.0. The summed E-state index contributed by atoms with van der Waals surface area (Å²) in [5.41, 5.74) is 4.97. The van der Waals surface area contributed by atoms with Crippen molar-refractivity contribution in [1.29, 1.82) is 0 Å². The van der Waals surface area contributed by atoms with Crippen LogP contribution in [0.5, 0.6) is 5.75 Å². The molecule has 1 aromatic heterocycles. The average molecular weight is 653 g/mol. The molecule has 7 nitrogen and oxygen atoms in total. The summed E-state index contributed by atoms with van der Waals surface area (Å²) < 4.78 is 11.4. The first-order chi connectivity index (χ1) is 22.9. The van der Waals surface area contributed by atoms with Gasteiger partial charge in [0.25, 0.3) is 5.91 Å². The number of allylic oxidation sites excluding steroid dienone is 1. The van der Waals surface area contributed by atoms with Crippen molar-refractivity contribution in [3.8, 4) is 5.75 Å². The molecule has 0 radical (unpaired) electrons. The lowest BCUT2D eigenvalue weighted by Crippen LogP contribution is -2.36. The third-order valence-electron chi connectivity index (χ3n) is 9.26. The number of halogens is 1. The van der Waals surface area contributed by atoms with E-state index in [-0.39, 0.29) is 23.1 Å². The van der Waals surface area contributed by atoms with Crippen LogP contribution in [0.25, 0.3) is 11.0 Å². The summed E-state index contributed by atoms with van der Waals surface area (Å²) in [6.07, 6.45) is 9.29. The minimum Gasteiger partial charge on any atom is -0.494 e. The molecule has 1 saturated heterocycles. The van der Waals surface area contributed by atoms with Crippen molar-refractivity contribution in [3.63, 3.8) is 0 Å². The van der Waals surface area contributed by atoms with Crippen molar-refractivity contribution < 1.29 is 18.7 Å². The number of nitrogens with zero attached hydrogens (tertiary/aromatic N) is 1. The largest absolute Gasteiger partial charge is 0.494 e. The van der Waals surface area contributed by atoms with Gasteiger partial charge in [0.1, 0.15) is 11.3 Å². The number of nitrogens with one attached hydrogen (secondary N) is 1. The molecule has 8 heteroatoms. The van der Waals surface area contributed by atoms with Crippen LogP contribution in [-0.4, -0.2) is 35.9 Å². The average Bonchev–Trinajstić information content (AvgIpc) is 3.08. The fourth-order valence-corrected chi connectivity index (χ4v) is 6.96. The van der Waals surface area contributed by atoms with E-state index in [1.165, 1.54) is 22.8 Å². The molecule has 3 aromatic carbocycles. The van der Waals surface area contributed by atoms with E-state index in [0.29, 0.717) is 53.7 Å². The summed E-state index contributed by atoms with van der Waals surface area (Å²) >= 11 is 6.14. The molecular formula is C39H41ClN2O5. The molecule has 1 aliphatic heterocycles. The molecule has 1 saturated carbocycles. The Labute approximate surface area is 280 Å². The van der Waals surface area contributed by atoms with Gasteiger partial charge in [-0.05, 0) is 105 Å². The minimum atomic E-state index is -0.441. The van der Waals surface area contributed by atoms with Gasteiger partial charge in [0.15, 0.2) is 11.2 Å². The van der Waals surface area contributed by atoms with Crippen LogP contribution in [-0.2, 0) is 17.8 Å². The maximum absolute atomic E-state index is 13.5. The fraction of sp³-hybridized carbons (Fsp3) is 0.359. The van der Waals surface area contributed by atoms with Gasteiger partial charge in [-0.25, -0.2) is 0 Å². The monoisotopic (exact) mass is 652 g/mol. The van der Waals surface area contributed by atoms with E-state index < -0.39 is 5.91 Å². The van der Waals surface area contributed by atoms with Gasteiger partial charge in [0.2, 0.25) is 5.91 Å². The SMILES string of the molecule is CCOc1ccc2oc(C(=O)N[C@@H](C=C3CCC(c4ccccc4CN4CCCCC4=O)CC3)Cc3ccc(Cl)cc3)cc(=O)c2c1. The molecule has 47 heavy (non-hydrogen) atoms. The highest BCUT2D eigenvalue weighted by molar-refractivity contribution is 6.30. The van der Waals surface area contributed by atoms with E-state index in [0.717, 1.165) is 50.6 Å². The predicted molar refractivity (Wildman–Crippen MR) is 185 cm³/mol. The summed E-state index contributed by atoms with van der Waals surface area (Å²) in [5, 5.41) is 4.15. The maximum atomic E-state index is 13.5. The molecule has 0 unspecified atom stereocenters. The number of fused-ring (bicyclic) bond motifs is 1. The van der Waals surface area contributed by atoms with Crippen LogP contribution >= 0.6 is 11.6 Å². The van der Waals surface area contributed by atoms with Gasteiger partial charge in [0.05, 0.1) is 18.0 Å². The zero-order chi connectivity index (χ0) is 32.8. The number of hydrogen-bond acceptors (Lipinski definition) is 5. The van der Waals surface area contributed by atoms with Gasteiger partial charge in [-0.3, -0.25) is 14.4 Å². The molecule has 2 heterocycles. The number of benzene rings is 3. The third kappa shape index (κ3) is 8.14. The number of ether oxygens (including phenoxy) is 1. The molecular weight excluding hydrogens is 612 g/mol. The van der Waals surface area contributed by atoms with Crippen LogP contribution in [0.3, 0.4) is 0 Å². The number of carbonyl (C=O) groups excluding carboxylic acids is 2. The standard InChI is InChI=1S/C39H41ClN2O5/c1-2-46-32-18-19-36-34(23-32)35(43)24-37(47-36)39(45)41-31(22-27-12-16-30(40)17-13-27)21-26-10-14-28(15-11-26)33-8-4-3-7-29(33)25-42-20-6-5-9-38(42)44/h3-4,7-8,12-13,16-19,21,23-24,28,31H,2,5-6,9-11,14-15,20,22,25H2,1H3,(H,41,45)/t28?,31-/m0/s1. The number of likely N-dealkylation sites (tertiary alicyclic amines) is 1. The van der Waals surface area contributed by atoms with Crippen molar-refractivity contribution in [1.82, 2.24) is 10.2 Å². The lowest BCUT2D eigenvalue weighted by atomic mass is 9.79. The molecule has 2 aliphatic rings. The van der Waals surface area contributed by atoms with Crippen molar-refractivity contribution in [2.45, 2.75) is 76.8 Å². The van der Waals surface area contributed by atoms with Gasteiger partial charge in [-0.2, -0.15) is 0 Å². The first-order valence-corrected chi connectivity index (χ1v) is 17.0. The third-order valence-corrected chi connectivity index (χ3v) is 9.51. The first-order valence-electron chi connectivity index (χ1n) is 16.7. The van der Waals surface area contributed by atoms with Crippen molar-refractivity contribution in [2.24, 2.45) is 0 Å².